The number of aromatic nitrogens is 2. The van der Waals surface area contributed by atoms with Crippen LogP contribution in [0.2, 0.25) is 0 Å². The molecule has 8 heteroatoms. The maximum Gasteiger partial charge on any atom is 0.295 e. The highest BCUT2D eigenvalue weighted by molar-refractivity contribution is 6.46. The number of amides is 1. The van der Waals surface area contributed by atoms with Gasteiger partial charge in [0.05, 0.1) is 31.4 Å². The summed E-state index contributed by atoms with van der Waals surface area (Å²) < 4.78 is 5.39. The van der Waals surface area contributed by atoms with E-state index in [0.717, 1.165) is 44.8 Å². The molecule has 156 valence electrons. The minimum Gasteiger partial charge on any atom is -0.507 e. The highest BCUT2D eigenvalue weighted by Crippen LogP contribution is 2.39. The normalized spacial score (nSPS) is 21.9. The van der Waals surface area contributed by atoms with Gasteiger partial charge >= 0.3 is 0 Å². The smallest absolute Gasteiger partial charge is 0.295 e. The van der Waals surface area contributed by atoms with Crippen molar-refractivity contribution in [1.82, 2.24) is 14.9 Å². The zero-order chi connectivity index (χ0) is 20.9. The third-order valence-corrected chi connectivity index (χ3v) is 5.64. The van der Waals surface area contributed by atoms with E-state index in [1.54, 1.807) is 41.6 Å². The second-order valence-corrected chi connectivity index (χ2v) is 7.47. The summed E-state index contributed by atoms with van der Waals surface area (Å²) in [6.45, 7) is 4.75. The Labute approximate surface area is 174 Å². The molecule has 2 aromatic heterocycles. The second kappa shape index (κ2) is 9.15. The van der Waals surface area contributed by atoms with E-state index in [1.165, 1.54) is 17.3 Å². The van der Waals surface area contributed by atoms with Crippen LogP contribution < -0.4 is 4.90 Å². The molecule has 2 N–H and O–H groups in total. The number of rotatable bonds is 6. The van der Waals surface area contributed by atoms with Crippen molar-refractivity contribution in [3.8, 4) is 0 Å². The van der Waals surface area contributed by atoms with Crippen LogP contribution in [-0.2, 0) is 14.3 Å². The topological polar surface area (TPSA) is 97.1 Å². The lowest BCUT2D eigenvalue weighted by atomic mass is 9.96. The third kappa shape index (κ3) is 4.10. The van der Waals surface area contributed by atoms with Crippen LogP contribution >= 0.6 is 0 Å². The van der Waals surface area contributed by atoms with Gasteiger partial charge < -0.3 is 19.6 Å². The first-order chi connectivity index (χ1) is 14.7. The van der Waals surface area contributed by atoms with Crippen LogP contribution in [0.4, 0.5) is 0 Å². The number of Topliss-reactive ketones (excluding diaryl/α,β-unsaturated/α-hetero) is 1. The molecule has 0 saturated carbocycles. The number of carbonyl (C=O) groups excluding carboxylic acids is 2. The zero-order valence-electron chi connectivity index (χ0n) is 16.7. The van der Waals surface area contributed by atoms with Gasteiger partial charge in [0.1, 0.15) is 18.8 Å². The lowest BCUT2D eigenvalue weighted by Crippen LogP contribution is -3.14. The number of ether oxygens (including phenoxy) is 1. The van der Waals surface area contributed by atoms with E-state index in [2.05, 4.69) is 9.97 Å². The molecule has 2 aliphatic rings. The van der Waals surface area contributed by atoms with Gasteiger partial charge in [-0.25, -0.2) is 0 Å². The maximum atomic E-state index is 12.9. The van der Waals surface area contributed by atoms with Crippen molar-refractivity contribution in [3.63, 3.8) is 0 Å². The van der Waals surface area contributed by atoms with E-state index >= 15 is 0 Å². The van der Waals surface area contributed by atoms with Gasteiger partial charge in [-0.1, -0.05) is 0 Å². The number of hydrogen-bond acceptors (Lipinski definition) is 6. The van der Waals surface area contributed by atoms with Gasteiger partial charge in [0.25, 0.3) is 11.7 Å². The van der Waals surface area contributed by atoms with Crippen LogP contribution in [0, 0.1) is 0 Å². The van der Waals surface area contributed by atoms with Crippen LogP contribution in [0.5, 0.6) is 0 Å². The number of carbonyl (C=O) groups is 2. The Kier molecular flexibility index (Phi) is 6.15. The first-order valence-electron chi connectivity index (χ1n) is 10.2. The van der Waals surface area contributed by atoms with Gasteiger partial charge in [0.15, 0.2) is 0 Å². The quantitative estimate of drug-likeness (QED) is 0.402. The van der Waals surface area contributed by atoms with E-state index in [0.29, 0.717) is 12.1 Å². The molecule has 4 heterocycles. The van der Waals surface area contributed by atoms with Gasteiger partial charge in [0.2, 0.25) is 0 Å². The number of aliphatic hydroxyl groups excluding tert-OH is 1. The molecule has 0 aliphatic carbocycles. The Balaban J connectivity index is 1.63. The fourth-order valence-electron chi connectivity index (χ4n) is 4.08. The largest absolute Gasteiger partial charge is 0.507 e. The molecule has 2 fully saturated rings. The monoisotopic (exact) mass is 409 g/mol. The summed E-state index contributed by atoms with van der Waals surface area (Å²) in [7, 11) is 0. The third-order valence-electron chi connectivity index (χ3n) is 5.64. The van der Waals surface area contributed by atoms with Gasteiger partial charge in [0, 0.05) is 43.3 Å². The Hall–Kier alpha value is -3.10. The molecular weight excluding hydrogens is 384 g/mol. The molecule has 30 heavy (non-hydrogen) atoms. The molecule has 1 amide bonds. The summed E-state index contributed by atoms with van der Waals surface area (Å²) >= 11 is 0. The summed E-state index contributed by atoms with van der Waals surface area (Å²) in [6.07, 6.45) is 7.09. The van der Waals surface area contributed by atoms with Crippen molar-refractivity contribution in [2.24, 2.45) is 0 Å². The predicted octanol–water partition coefficient (Wildman–Crippen LogP) is 0.204. The number of ketones is 1. The SMILES string of the molecule is O=C1C(=O)N(CCC[NH+]2CCOCC2)[C@H](c2ccncc2)C1=C(O)c1ccncc1. The number of nitrogens with one attached hydrogen (secondary N) is 1. The average Bonchev–Trinajstić information content (AvgIpc) is 3.05. The fourth-order valence-corrected chi connectivity index (χ4v) is 4.08. The molecule has 8 nitrogen and oxygen atoms in total. The van der Waals surface area contributed by atoms with Crippen molar-refractivity contribution >= 4 is 17.4 Å². The Bertz CT molecular complexity index is 927. The summed E-state index contributed by atoms with van der Waals surface area (Å²) in [5, 5.41) is 10.9. The van der Waals surface area contributed by atoms with Crippen molar-refractivity contribution in [2.45, 2.75) is 12.5 Å². The maximum absolute atomic E-state index is 12.9. The van der Waals surface area contributed by atoms with E-state index in [9.17, 15) is 14.7 Å². The molecule has 0 spiro atoms. The lowest BCUT2D eigenvalue weighted by Gasteiger charge is -2.27. The Morgan fingerprint density at radius 2 is 1.70 bits per heavy atom. The van der Waals surface area contributed by atoms with Crippen molar-refractivity contribution in [3.05, 3.63) is 65.8 Å². The molecule has 0 bridgehead atoms. The predicted molar refractivity (Wildman–Crippen MR) is 108 cm³/mol. The molecular formula is C22H25N4O4+. The summed E-state index contributed by atoms with van der Waals surface area (Å²) in [6, 6.07) is 6.15. The molecule has 2 aliphatic heterocycles. The van der Waals surface area contributed by atoms with Crippen LogP contribution in [0.25, 0.3) is 5.76 Å². The Morgan fingerprint density at radius 1 is 1.07 bits per heavy atom. The highest BCUT2D eigenvalue weighted by atomic mass is 16.5. The standard InChI is InChI=1S/C22H24N4O4/c27-20(17-4-8-24-9-5-17)18-19(16-2-6-23-7-3-16)26(22(29)21(18)28)11-1-10-25-12-14-30-15-13-25/h2-9,19,27H,1,10-15H2/p+1/t19-/m1/s1. The number of morpholine rings is 1. The molecule has 0 unspecified atom stereocenters. The molecule has 0 radical (unpaired) electrons. The van der Waals surface area contributed by atoms with Gasteiger partial charge in [-0.2, -0.15) is 0 Å². The second-order valence-electron chi connectivity index (χ2n) is 7.47. The minimum atomic E-state index is -0.662. The first-order valence-corrected chi connectivity index (χ1v) is 10.2. The summed E-state index contributed by atoms with van der Waals surface area (Å²) in [5.41, 5.74) is 1.31. The van der Waals surface area contributed by atoms with Crippen molar-refractivity contribution < 1.29 is 24.3 Å². The lowest BCUT2D eigenvalue weighted by molar-refractivity contribution is -0.908. The number of likely N-dealkylation sites (tertiary alicyclic amines) is 1. The van der Waals surface area contributed by atoms with Crippen LogP contribution in [0.15, 0.2) is 54.6 Å². The molecule has 4 rings (SSSR count). The van der Waals surface area contributed by atoms with E-state index < -0.39 is 17.7 Å². The van der Waals surface area contributed by atoms with Crippen LogP contribution in [0.3, 0.4) is 0 Å². The molecule has 2 aromatic rings. The number of nitrogens with zero attached hydrogens (tertiary/aromatic N) is 3. The van der Waals surface area contributed by atoms with Crippen molar-refractivity contribution in [1.29, 1.82) is 0 Å². The fraction of sp³-hybridized carbons (Fsp3) is 0.364. The summed E-state index contributed by atoms with van der Waals surface area (Å²) in [4.78, 5) is 36.8. The van der Waals surface area contributed by atoms with Crippen LogP contribution in [0.1, 0.15) is 23.6 Å². The van der Waals surface area contributed by atoms with Gasteiger partial charge in [-0.05, 0) is 29.8 Å². The van der Waals surface area contributed by atoms with Gasteiger partial charge in [-0.15, -0.1) is 0 Å². The Morgan fingerprint density at radius 3 is 2.37 bits per heavy atom. The number of hydrogen-bond donors (Lipinski definition) is 2. The van der Waals surface area contributed by atoms with E-state index in [1.807, 2.05) is 0 Å². The van der Waals surface area contributed by atoms with Gasteiger partial charge in [-0.3, -0.25) is 19.6 Å². The van der Waals surface area contributed by atoms with Crippen molar-refractivity contribution in [2.75, 3.05) is 39.4 Å². The van der Waals surface area contributed by atoms with E-state index in [-0.39, 0.29) is 11.3 Å². The zero-order valence-corrected chi connectivity index (χ0v) is 16.7. The summed E-state index contributed by atoms with van der Waals surface area (Å²) in [5.74, 6) is -1.42. The first kappa shape index (κ1) is 20.2. The number of pyridine rings is 2. The number of quaternary nitrogens is 1. The number of aliphatic hydroxyl groups is 1. The highest BCUT2D eigenvalue weighted by Gasteiger charge is 2.45. The van der Waals surface area contributed by atoms with E-state index in [4.69, 9.17) is 4.74 Å². The molecule has 0 aromatic carbocycles. The minimum absolute atomic E-state index is 0.108. The average molecular weight is 409 g/mol. The molecule has 2 saturated heterocycles. The molecule has 1 atom stereocenters. The van der Waals surface area contributed by atoms with Crippen LogP contribution in [-0.4, -0.2) is 71.1 Å².